The highest BCUT2D eigenvalue weighted by atomic mass is 79.9. The Morgan fingerprint density at radius 1 is 0.675 bits per heavy atom. The molecule has 0 bridgehead atoms. The van der Waals surface area contributed by atoms with Crippen LogP contribution in [0.1, 0.15) is 64.3 Å². The van der Waals surface area contributed by atoms with Crippen molar-refractivity contribution in [2.45, 2.75) is 40.7 Å². The Morgan fingerprint density at radius 2 is 1.07 bits per heavy atom. The Bertz CT molecular complexity index is 3070. The molecule has 1 unspecified atom stereocenters. The van der Waals surface area contributed by atoms with Crippen molar-refractivity contribution >= 4 is 112 Å². The van der Waals surface area contributed by atoms with Crippen LogP contribution < -0.4 is 45.4 Å². The highest BCUT2D eigenvalue weighted by molar-refractivity contribution is 9.11. The van der Waals surface area contributed by atoms with Crippen molar-refractivity contribution < 1.29 is 79.2 Å². The average molecular weight is 1470 g/mol. The number of oxime groups is 2. The van der Waals surface area contributed by atoms with Crippen molar-refractivity contribution in [1.82, 2.24) is 20.4 Å². The summed E-state index contributed by atoms with van der Waals surface area (Å²) in [4.78, 5) is 50.4. The Morgan fingerprint density at radius 3 is 1.48 bits per heavy atom. The number of ketones is 2. The lowest BCUT2D eigenvalue weighted by Crippen LogP contribution is -2.33. The number of nitrogens with two attached hydrogens (primary N) is 2. The van der Waals surface area contributed by atoms with Gasteiger partial charge in [0.15, 0.2) is 29.9 Å². The van der Waals surface area contributed by atoms with Crippen LogP contribution in [0.15, 0.2) is 138 Å². The van der Waals surface area contributed by atoms with Crippen LogP contribution in [0.2, 0.25) is 0 Å². The first-order chi connectivity index (χ1) is 38.7. The fraction of sp³-hybridized carbons (Fsp3) is 0.255. The number of aromatic nitrogens is 3. The van der Waals surface area contributed by atoms with E-state index in [0.717, 1.165) is 17.4 Å². The molecule has 83 heavy (non-hydrogen) atoms. The molecule has 0 spiro atoms. The zero-order valence-electron chi connectivity index (χ0n) is 42.3. The number of rotatable bonds is 19. The summed E-state index contributed by atoms with van der Waals surface area (Å²) in [6.45, 7) is -6.79. The highest BCUT2D eigenvalue weighted by Crippen LogP contribution is 2.27. The number of hydroxylamine groups is 1. The van der Waals surface area contributed by atoms with Gasteiger partial charge in [-0.15, -0.1) is 0 Å². The molecule has 450 valence electrons. The smallest absolute Gasteiger partial charge is 0.387 e. The summed E-state index contributed by atoms with van der Waals surface area (Å²) < 4.78 is 102. The van der Waals surface area contributed by atoms with Crippen molar-refractivity contribution in [3.8, 4) is 34.9 Å². The van der Waals surface area contributed by atoms with Gasteiger partial charge in [-0.05, 0) is 164 Å². The molecule has 3 aromatic heterocycles. The van der Waals surface area contributed by atoms with Gasteiger partial charge in [0.2, 0.25) is 23.4 Å². The number of hydrogen-bond acceptors (Lipinski definition) is 19. The topological polar surface area (TPSA) is 268 Å². The van der Waals surface area contributed by atoms with Crippen LogP contribution in [0.25, 0.3) is 0 Å². The summed E-state index contributed by atoms with van der Waals surface area (Å²) in [5.74, 6) is 1.09. The SMILES string of the molecule is C.C.COc1nc(/C(N)=N/O)ccc1Br.COc1nc(/C(N)=N/OCC(=O)c2ccc(OC(F)F)cc2)ccc1Br.COc1nc(C2=NC(c3ccc(OC(F)F)cc3)CON2)ccc1Br.CP=S.O=C(CBr)c1ccc(OC(F)F)cc1. The fourth-order valence-electron chi connectivity index (χ4n) is 5.75. The fourth-order valence-corrected chi connectivity index (χ4v) is 7.22. The van der Waals surface area contributed by atoms with Gasteiger partial charge < -0.3 is 49.9 Å². The van der Waals surface area contributed by atoms with Crippen molar-refractivity contribution in [2.75, 3.05) is 46.5 Å². The van der Waals surface area contributed by atoms with Gasteiger partial charge in [0.1, 0.15) is 47.0 Å². The Balaban J connectivity index is 0.000000561. The molecular formula is C51H54Br4F6N9O11PS. The number of alkyl halides is 7. The van der Waals surface area contributed by atoms with E-state index in [9.17, 15) is 35.9 Å². The molecule has 3 aromatic carbocycles. The lowest BCUT2D eigenvalue weighted by atomic mass is 10.1. The molecule has 7 rings (SSSR count). The van der Waals surface area contributed by atoms with E-state index in [2.05, 4.69) is 125 Å². The molecule has 6 N–H and O–H groups in total. The van der Waals surface area contributed by atoms with Crippen LogP contribution in [-0.2, 0) is 21.5 Å². The van der Waals surface area contributed by atoms with Crippen molar-refractivity contribution in [3.63, 3.8) is 0 Å². The molecule has 0 aliphatic carbocycles. The largest absolute Gasteiger partial charge is 0.480 e. The first-order valence-corrected chi connectivity index (χ1v) is 28.1. The van der Waals surface area contributed by atoms with Gasteiger partial charge in [0.05, 0.1) is 40.1 Å². The van der Waals surface area contributed by atoms with Gasteiger partial charge in [0, 0.05) is 11.1 Å². The Labute approximate surface area is 513 Å². The zero-order valence-corrected chi connectivity index (χ0v) is 50.4. The van der Waals surface area contributed by atoms with E-state index in [1.165, 1.54) is 82.0 Å². The van der Waals surface area contributed by atoms with Gasteiger partial charge in [-0.25, -0.2) is 20.4 Å². The molecular weight excluding hydrogens is 1410 g/mol. The van der Waals surface area contributed by atoms with Gasteiger partial charge >= 0.3 is 19.8 Å². The monoisotopic (exact) mass is 1460 g/mol. The third kappa shape index (κ3) is 26.1. The number of halogens is 10. The molecule has 0 amide bonds. The molecule has 4 heterocycles. The van der Waals surface area contributed by atoms with Crippen molar-refractivity contribution in [3.05, 3.63) is 156 Å². The maximum Gasteiger partial charge on any atom is 0.387 e. The minimum atomic E-state index is -2.93. The number of Topliss-reactive ketones (excluding diaryl/α,β-unsaturated/α-hetero) is 2. The van der Waals surface area contributed by atoms with Gasteiger partial charge in [0.25, 0.3) is 0 Å². The second-order valence-electron chi connectivity index (χ2n) is 14.6. The quantitative estimate of drug-likeness (QED) is 0.00858. The Hall–Kier alpha value is -6.76. The predicted octanol–water partition coefficient (Wildman–Crippen LogP) is 12.6. The van der Waals surface area contributed by atoms with Crippen LogP contribution in [0.4, 0.5) is 26.3 Å². The van der Waals surface area contributed by atoms with Crippen LogP contribution >= 0.6 is 71.1 Å². The van der Waals surface area contributed by atoms with E-state index in [0.29, 0.717) is 61.7 Å². The van der Waals surface area contributed by atoms with Crippen LogP contribution in [0.5, 0.6) is 34.9 Å². The Kier molecular flexibility index (Phi) is 35.5. The number of amidine groups is 3. The van der Waals surface area contributed by atoms with E-state index in [1.807, 2.05) is 6.66 Å². The molecule has 0 saturated heterocycles. The molecule has 0 saturated carbocycles. The second-order valence-corrected chi connectivity index (χ2v) is 19.2. The number of nitrogens with one attached hydrogen (secondary N) is 1. The number of carbonyl (C=O) groups excluding carboxylic acids is 2. The number of hydrogen-bond donors (Lipinski definition) is 4. The predicted molar refractivity (Wildman–Crippen MR) is 318 cm³/mol. The van der Waals surface area contributed by atoms with Crippen LogP contribution in [0.3, 0.4) is 0 Å². The number of ether oxygens (including phenoxy) is 6. The number of pyridine rings is 3. The maximum absolute atomic E-state index is 12.2. The van der Waals surface area contributed by atoms with E-state index >= 15 is 0 Å². The molecule has 6 aromatic rings. The number of nitrogens with zero attached hydrogens (tertiary/aromatic N) is 6. The van der Waals surface area contributed by atoms with E-state index in [4.69, 9.17) is 40.6 Å². The van der Waals surface area contributed by atoms with E-state index in [-0.39, 0.29) is 73.1 Å². The summed E-state index contributed by atoms with van der Waals surface area (Å²) in [7, 11) is 5.47. The zero-order chi connectivity index (χ0) is 60.0. The number of aliphatic imine (C=N–C) groups is 1. The summed E-state index contributed by atoms with van der Waals surface area (Å²) in [5, 5.41) is 15.1. The summed E-state index contributed by atoms with van der Waals surface area (Å²) in [5.41, 5.74) is 16.6. The van der Waals surface area contributed by atoms with Crippen molar-refractivity contribution in [1.29, 1.82) is 0 Å². The molecule has 20 nitrogen and oxygen atoms in total. The first kappa shape index (κ1) is 74.3. The van der Waals surface area contributed by atoms with E-state index < -0.39 is 25.6 Å². The molecule has 0 fully saturated rings. The second kappa shape index (κ2) is 39.7. The minimum Gasteiger partial charge on any atom is -0.480 e. The molecule has 1 aliphatic heterocycles. The van der Waals surface area contributed by atoms with Gasteiger partial charge in [-0.2, -0.15) is 26.3 Å². The van der Waals surface area contributed by atoms with Gasteiger partial charge in [-0.1, -0.05) is 65.0 Å². The van der Waals surface area contributed by atoms with E-state index in [1.54, 1.807) is 48.5 Å². The lowest BCUT2D eigenvalue weighted by Gasteiger charge is -2.22. The first-order valence-electron chi connectivity index (χ1n) is 22.2. The summed E-state index contributed by atoms with van der Waals surface area (Å²) in [6, 6.07) is 26.9. The molecule has 1 aliphatic rings. The average Bonchev–Trinajstić information content (AvgIpc) is 3.59. The van der Waals surface area contributed by atoms with Crippen molar-refractivity contribution in [2.24, 2.45) is 26.8 Å². The molecule has 1 atom stereocenters. The minimum absolute atomic E-state index is 0. The highest BCUT2D eigenvalue weighted by Gasteiger charge is 2.21. The standard InChI is InChI=1S/C16H14BrF2N3O4.C16H14BrF2N3O3.C9H7BrF2O2.C7H8BrN3O2.CH3PS.2CH4/c1-24-15-11(17)6-7-12(21-15)14(20)22-25-8-13(23)9-2-4-10(5-3-9)26-16(18)19;1-23-15-11(17)6-7-12(21-15)14-20-13(8-24-22-14)9-2-4-10(5-3-9)25-16(18)19;10-5-8(13)6-1-3-7(4-2-6)14-9(11)12;1-13-7-4(8)2-3-5(10-7)6(9)11-12;1-2-3;;/h2-7,16H,8H2,1H3,(H2,20,22);2-7,13,16H,8H2,1H3,(H,20,22);1-4,9H,5H2;2-3,12H,1H3,(H2,9,11);1H3;2*1H4. The number of benzene rings is 3. The number of carbonyl (C=O) groups is 2. The maximum atomic E-state index is 12.2. The summed E-state index contributed by atoms with van der Waals surface area (Å²) >= 11 is 17.2. The molecule has 0 radical (unpaired) electrons. The van der Waals surface area contributed by atoms with Crippen LogP contribution in [0, 0.1) is 0 Å². The summed E-state index contributed by atoms with van der Waals surface area (Å²) in [6.07, 6.45) is 0. The van der Waals surface area contributed by atoms with Gasteiger partial charge in [-0.3, -0.25) is 19.4 Å². The molecule has 32 heteroatoms. The third-order valence-corrected chi connectivity index (χ3v) is 11.7. The normalized spacial score (nSPS) is 12.4. The lowest BCUT2D eigenvalue weighted by molar-refractivity contribution is -0.0505. The third-order valence-electron chi connectivity index (χ3n) is 9.36. The van der Waals surface area contributed by atoms with Crippen LogP contribution in [-0.4, -0.2) is 116 Å². The number of methoxy groups -OCH3 is 3.